The highest BCUT2D eigenvalue weighted by atomic mass is 35.5. The van der Waals surface area contributed by atoms with Gasteiger partial charge in [-0.05, 0) is 19.1 Å². The van der Waals surface area contributed by atoms with E-state index in [0.29, 0.717) is 0 Å². The van der Waals surface area contributed by atoms with Crippen molar-refractivity contribution < 1.29 is 4.70 Å². The summed E-state index contributed by atoms with van der Waals surface area (Å²) in [6.45, 7) is 2.04. The number of rotatable bonds is 0. The smallest absolute Gasteiger partial charge is 0.0406 e. The zero-order chi connectivity index (χ0) is 5.98. The van der Waals surface area contributed by atoms with Gasteiger partial charge in [0.2, 0.25) is 0 Å². The van der Waals surface area contributed by atoms with Crippen molar-refractivity contribution in [2.45, 2.75) is 6.92 Å². The minimum Gasteiger partial charge on any atom is -0.269 e. The topological polar surface area (TPSA) is 0 Å². The Morgan fingerprint density at radius 2 is 1.56 bits per heavy atom. The summed E-state index contributed by atoms with van der Waals surface area (Å²) in [4.78, 5) is 0. The quantitative estimate of drug-likeness (QED) is 0.528. The summed E-state index contributed by atoms with van der Waals surface area (Å²) in [6.07, 6.45) is 0. The van der Waals surface area contributed by atoms with Crippen LogP contribution >= 0.6 is 11.6 Å². The molecule has 1 aromatic carbocycles. The van der Waals surface area contributed by atoms with Gasteiger partial charge in [0, 0.05) is 5.02 Å². The van der Waals surface area contributed by atoms with E-state index in [1.165, 1.54) is 5.56 Å². The second-order valence-electron chi connectivity index (χ2n) is 1.80. The molecule has 0 amide bonds. The number of aryl methyl sites for hydroxylation is 1. The maximum absolute atomic E-state index is 5.61. The van der Waals surface area contributed by atoms with Gasteiger partial charge in [-0.3, -0.25) is 4.70 Å². The first-order valence-electron chi connectivity index (χ1n) is 2.51. The van der Waals surface area contributed by atoms with E-state index in [9.17, 15) is 0 Å². The zero-order valence-corrected chi connectivity index (χ0v) is 5.85. The van der Waals surface area contributed by atoms with Gasteiger partial charge in [-0.1, -0.05) is 29.3 Å². The molecule has 0 unspecified atom stereocenters. The summed E-state index contributed by atoms with van der Waals surface area (Å²) < 4.78 is 0. The molecule has 0 fully saturated rings. The fourth-order valence-electron chi connectivity index (χ4n) is 0.533. The molecule has 0 aliphatic heterocycles. The highest BCUT2D eigenvalue weighted by Crippen LogP contribution is 2.07. The summed E-state index contributed by atoms with van der Waals surface area (Å²) in [5, 5.41) is 0.801. The summed E-state index contributed by atoms with van der Waals surface area (Å²) in [7, 11) is 0. The summed E-state index contributed by atoms with van der Waals surface area (Å²) in [6, 6.07) is 7.75. The lowest BCUT2D eigenvalue weighted by Gasteiger charge is -1.88. The third kappa shape index (κ3) is 2.47. The molecule has 0 saturated heterocycles. The molecule has 0 aromatic heterocycles. The van der Waals surface area contributed by atoms with E-state index in [-0.39, 0.29) is 4.70 Å². The average Bonchev–Trinajstić information content (AvgIpc) is 1.77. The Balaban J connectivity index is 0.000000640. The highest BCUT2D eigenvalue weighted by molar-refractivity contribution is 6.30. The van der Waals surface area contributed by atoms with Crippen LogP contribution in [0.3, 0.4) is 0 Å². The molecule has 0 radical (unpaired) electrons. The molecule has 0 atom stereocenters. The average molecular weight is 147 g/mol. The lowest BCUT2D eigenvalue weighted by atomic mass is 10.2. The van der Waals surface area contributed by atoms with Crippen LogP contribution in [-0.4, -0.2) is 0 Å². The fraction of sp³-hybridized carbons (Fsp3) is 0.143. The van der Waals surface area contributed by atoms with Gasteiger partial charge in [-0.2, -0.15) is 0 Å². The van der Waals surface area contributed by atoms with E-state index in [4.69, 9.17) is 11.6 Å². The number of hydrogen-bond acceptors (Lipinski definition) is 0. The summed E-state index contributed by atoms with van der Waals surface area (Å²) in [5.74, 6) is 0. The Hall–Kier alpha value is -0.560. The largest absolute Gasteiger partial charge is 0.269 e. The SMILES string of the molecule is Cc1ccc(Cl)cc1.F. The zero-order valence-electron chi connectivity index (χ0n) is 5.10. The molecule has 0 bridgehead atoms. The van der Waals surface area contributed by atoms with Gasteiger partial charge in [0.1, 0.15) is 0 Å². The molecule has 1 rings (SSSR count). The van der Waals surface area contributed by atoms with Gasteiger partial charge in [0.25, 0.3) is 0 Å². The molecule has 0 N–H and O–H groups in total. The molecular weight excluding hydrogens is 139 g/mol. The number of hydrogen-bond donors (Lipinski definition) is 0. The molecule has 1 aromatic rings. The molecular formula is C7H8ClF. The van der Waals surface area contributed by atoms with E-state index < -0.39 is 0 Å². The molecule has 0 heterocycles. The number of halogens is 2. The van der Waals surface area contributed by atoms with Gasteiger partial charge in [-0.25, -0.2) is 0 Å². The summed E-state index contributed by atoms with van der Waals surface area (Å²) in [5.41, 5.74) is 1.24. The van der Waals surface area contributed by atoms with Crippen LogP contribution in [0.25, 0.3) is 0 Å². The monoisotopic (exact) mass is 146 g/mol. The van der Waals surface area contributed by atoms with Crippen LogP contribution in [0.1, 0.15) is 5.56 Å². The van der Waals surface area contributed by atoms with Gasteiger partial charge in [0.05, 0.1) is 0 Å². The fourth-order valence-corrected chi connectivity index (χ4v) is 0.659. The van der Waals surface area contributed by atoms with E-state index in [1.54, 1.807) is 0 Å². The molecule has 0 nitrogen and oxygen atoms in total. The first-order valence-corrected chi connectivity index (χ1v) is 2.89. The molecule has 2 heteroatoms. The molecule has 0 saturated carbocycles. The lowest BCUT2D eigenvalue weighted by molar-refractivity contribution is 1.11. The molecule has 0 aliphatic rings. The van der Waals surface area contributed by atoms with Crippen molar-refractivity contribution in [3.8, 4) is 0 Å². The third-order valence-corrected chi connectivity index (χ3v) is 1.26. The van der Waals surface area contributed by atoms with Crippen LogP contribution < -0.4 is 0 Å². The molecule has 0 aliphatic carbocycles. The first-order chi connectivity index (χ1) is 3.79. The van der Waals surface area contributed by atoms with E-state index in [1.807, 2.05) is 31.2 Å². The van der Waals surface area contributed by atoms with Crippen molar-refractivity contribution in [3.63, 3.8) is 0 Å². The molecule has 50 valence electrons. The standard InChI is InChI=1S/C7H7Cl.FH/c1-6-2-4-7(8)5-3-6;/h2-5H,1H3;1H. The first kappa shape index (κ1) is 8.44. The Morgan fingerprint density at radius 1 is 1.11 bits per heavy atom. The van der Waals surface area contributed by atoms with Gasteiger partial charge >= 0.3 is 0 Å². The van der Waals surface area contributed by atoms with Crippen LogP contribution in [0, 0.1) is 6.92 Å². The van der Waals surface area contributed by atoms with Gasteiger partial charge in [-0.15, -0.1) is 0 Å². The molecule has 0 spiro atoms. The van der Waals surface area contributed by atoms with Crippen LogP contribution in [-0.2, 0) is 0 Å². The predicted octanol–water partition coefficient (Wildman–Crippen LogP) is 2.80. The van der Waals surface area contributed by atoms with Gasteiger partial charge in [0.15, 0.2) is 0 Å². The Kier molecular flexibility index (Phi) is 3.25. The van der Waals surface area contributed by atoms with E-state index >= 15 is 0 Å². The Bertz CT molecular complexity index is 148. The van der Waals surface area contributed by atoms with Crippen molar-refractivity contribution >= 4 is 11.6 Å². The number of benzene rings is 1. The highest BCUT2D eigenvalue weighted by Gasteiger charge is 1.81. The maximum atomic E-state index is 5.61. The minimum absolute atomic E-state index is 0. The van der Waals surface area contributed by atoms with Crippen LogP contribution in [0.5, 0.6) is 0 Å². The van der Waals surface area contributed by atoms with Crippen molar-refractivity contribution in [3.05, 3.63) is 34.9 Å². The third-order valence-electron chi connectivity index (χ3n) is 1.01. The second kappa shape index (κ2) is 3.46. The van der Waals surface area contributed by atoms with Crippen molar-refractivity contribution in [1.82, 2.24) is 0 Å². The maximum Gasteiger partial charge on any atom is 0.0406 e. The normalized spacial score (nSPS) is 8.22. The predicted molar refractivity (Wildman–Crippen MR) is 38.7 cm³/mol. The van der Waals surface area contributed by atoms with E-state index in [0.717, 1.165) is 5.02 Å². The van der Waals surface area contributed by atoms with Gasteiger partial charge < -0.3 is 0 Å². The Morgan fingerprint density at radius 3 is 1.89 bits per heavy atom. The van der Waals surface area contributed by atoms with Crippen LogP contribution in [0.4, 0.5) is 4.70 Å². The molecule has 9 heavy (non-hydrogen) atoms. The van der Waals surface area contributed by atoms with E-state index in [2.05, 4.69) is 0 Å². The minimum atomic E-state index is 0. The Labute approximate surface area is 58.8 Å². The van der Waals surface area contributed by atoms with Crippen LogP contribution in [0.15, 0.2) is 24.3 Å². The van der Waals surface area contributed by atoms with Crippen LogP contribution in [0.2, 0.25) is 5.02 Å². The van der Waals surface area contributed by atoms with Crippen molar-refractivity contribution in [1.29, 1.82) is 0 Å². The summed E-state index contributed by atoms with van der Waals surface area (Å²) >= 11 is 5.61. The van der Waals surface area contributed by atoms with Crippen molar-refractivity contribution in [2.75, 3.05) is 0 Å². The van der Waals surface area contributed by atoms with Crippen molar-refractivity contribution in [2.24, 2.45) is 0 Å². The lowest BCUT2D eigenvalue weighted by Crippen LogP contribution is -1.66. The second-order valence-corrected chi connectivity index (χ2v) is 2.23.